The molecule has 0 saturated heterocycles. The van der Waals surface area contributed by atoms with Crippen molar-refractivity contribution in [3.63, 3.8) is 0 Å². The molecule has 0 fully saturated rings. The summed E-state index contributed by atoms with van der Waals surface area (Å²) in [6.45, 7) is 4.92. The molecule has 0 amide bonds. The van der Waals surface area contributed by atoms with E-state index >= 15 is 0 Å². The first-order valence-corrected chi connectivity index (χ1v) is 14.6. The van der Waals surface area contributed by atoms with Crippen LogP contribution in [0.3, 0.4) is 0 Å². The van der Waals surface area contributed by atoms with Crippen LogP contribution < -0.4 is 10.3 Å². The van der Waals surface area contributed by atoms with E-state index in [1.165, 1.54) is 6.07 Å². The number of ether oxygens (including phenoxy) is 2. The fraction of sp³-hybridized carbons (Fsp3) is 0.294. The first kappa shape index (κ1) is 30.6. The molecule has 2 aromatic carbocycles. The van der Waals surface area contributed by atoms with Crippen LogP contribution in [0, 0.1) is 12.7 Å². The summed E-state index contributed by atoms with van der Waals surface area (Å²) in [5, 5.41) is 0. The van der Waals surface area contributed by atoms with E-state index in [1.54, 1.807) is 48.9 Å². The molecule has 0 aliphatic heterocycles. The summed E-state index contributed by atoms with van der Waals surface area (Å²) in [7, 11) is 3.52. The maximum absolute atomic E-state index is 15.0. The van der Waals surface area contributed by atoms with E-state index in [2.05, 4.69) is 9.88 Å². The van der Waals surface area contributed by atoms with Gasteiger partial charge in [-0.15, -0.1) is 0 Å². The molecule has 3 aromatic heterocycles. The van der Waals surface area contributed by atoms with Gasteiger partial charge in [-0.25, -0.2) is 13.8 Å². The second-order valence-electron chi connectivity index (χ2n) is 10.6. The Kier molecular flexibility index (Phi) is 9.50. The maximum Gasteiger partial charge on any atom is 0.311 e. The number of esters is 1. The molecule has 0 saturated carbocycles. The largest absolute Gasteiger partial charge is 0.497 e. The van der Waals surface area contributed by atoms with E-state index < -0.39 is 5.97 Å². The van der Waals surface area contributed by atoms with Crippen molar-refractivity contribution < 1.29 is 18.7 Å². The number of rotatable bonds is 12. The number of imidazole rings is 1. The average Bonchev–Trinajstić information content (AvgIpc) is 3.37. The first-order chi connectivity index (χ1) is 21.3. The molecule has 9 nitrogen and oxygen atoms in total. The third kappa shape index (κ3) is 6.55. The SMILES string of the molecule is CCOC(=O)Cc1nc2n(Cc3ccccc3F)c(C)c(-c3cccc(OC)c3)c(=O)n2c1CN(C)CCc1ccccn1. The number of aromatic nitrogens is 4. The van der Waals surface area contributed by atoms with Crippen LogP contribution >= 0.6 is 0 Å². The fourth-order valence-electron chi connectivity index (χ4n) is 5.37. The summed E-state index contributed by atoms with van der Waals surface area (Å²) in [5.74, 6) is 0.130. The smallest absolute Gasteiger partial charge is 0.311 e. The molecular weight excluding hydrogens is 561 g/mol. The second-order valence-corrected chi connectivity index (χ2v) is 10.6. The molecule has 0 spiro atoms. The summed E-state index contributed by atoms with van der Waals surface area (Å²) in [5.41, 5.74) is 3.83. The number of likely N-dealkylation sites (N-methyl/N-ethyl adjacent to an activating group) is 1. The summed E-state index contributed by atoms with van der Waals surface area (Å²) in [4.78, 5) is 38.6. The molecule has 0 atom stereocenters. The maximum atomic E-state index is 15.0. The zero-order valence-electron chi connectivity index (χ0n) is 25.4. The number of fused-ring (bicyclic) bond motifs is 1. The predicted octanol–water partition coefficient (Wildman–Crippen LogP) is 4.84. The van der Waals surface area contributed by atoms with Crippen molar-refractivity contribution in [1.29, 1.82) is 0 Å². The Morgan fingerprint density at radius 3 is 2.59 bits per heavy atom. The molecule has 0 aliphatic rings. The Labute approximate surface area is 255 Å². The van der Waals surface area contributed by atoms with Crippen LogP contribution in [0.15, 0.2) is 77.7 Å². The lowest BCUT2D eigenvalue weighted by Gasteiger charge is -2.20. The van der Waals surface area contributed by atoms with Crippen molar-refractivity contribution >= 4 is 11.7 Å². The molecule has 3 heterocycles. The molecule has 0 unspecified atom stereocenters. The Morgan fingerprint density at radius 1 is 1.07 bits per heavy atom. The van der Waals surface area contributed by atoms with Crippen LogP contribution in [0.5, 0.6) is 5.75 Å². The number of hydrogen-bond donors (Lipinski definition) is 0. The van der Waals surface area contributed by atoms with Gasteiger partial charge in [-0.2, -0.15) is 0 Å². The number of methoxy groups -OCH3 is 1. The quantitative estimate of drug-likeness (QED) is 0.190. The molecule has 0 radical (unpaired) electrons. The summed E-state index contributed by atoms with van der Waals surface area (Å²) < 4.78 is 29.1. The monoisotopic (exact) mass is 597 g/mol. The summed E-state index contributed by atoms with van der Waals surface area (Å²) in [6, 6.07) is 19.6. The van der Waals surface area contributed by atoms with Gasteiger partial charge in [0.25, 0.3) is 5.56 Å². The standard InChI is InChI=1S/C34H36FN5O4/c1-5-44-31(41)20-29-30(22-38(3)18-16-26-13-8-9-17-36-26)40-33(42)32(24-12-10-14-27(19-24)43-4)23(2)39(34(40)37-29)21-25-11-6-7-15-28(25)35/h6-15,17,19H,5,16,18,20-22H2,1-4H3. The lowest BCUT2D eigenvalue weighted by Crippen LogP contribution is -2.28. The van der Waals surface area contributed by atoms with Gasteiger partial charge < -0.3 is 18.9 Å². The fourth-order valence-corrected chi connectivity index (χ4v) is 5.37. The van der Waals surface area contributed by atoms with E-state index in [0.717, 1.165) is 5.69 Å². The number of halogens is 1. The van der Waals surface area contributed by atoms with Crippen molar-refractivity contribution in [3.05, 3.63) is 117 Å². The van der Waals surface area contributed by atoms with Gasteiger partial charge in [-0.3, -0.25) is 14.6 Å². The number of pyridine rings is 1. The third-order valence-corrected chi connectivity index (χ3v) is 7.62. The number of nitrogens with zero attached hydrogens (tertiary/aromatic N) is 5. The van der Waals surface area contributed by atoms with Gasteiger partial charge in [-0.1, -0.05) is 36.4 Å². The van der Waals surface area contributed by atoms with Crippen molar-refractivity contribution in [2.45, 2.75) is 39.8 Å². The van der Waals surface area contributed by atoms with Crippen LogP contribution in [-0.4, -0.2) is 57.1 Å². The molecule has 5 rings (SSSR count). The molecule has 228 valence electrons. The molecule has 44 heavy (non-hydrogen) atoms. The van der Waals surface area contributed by atoms with Gasteiger partial charge in [0, 0.05) is 42.7 Å². The Hall–Kier alpha value is -4.83. The molecule has 5 aromatic rings. The number of hydrogen-bond acceptors (Lipinski definition) is 7. The van der Waals surface area contributed by atoms with Crippen LogP contribution in [-0.2, 0) is 35.5 Å². The minimum absolute atomic E-state index is 0.106. The van der Waals surface area contributed by atoms with Crippen molar-refractivity contribution in [3.8, 4) is 16.9 Å². The zero-order valence-corrected chi connectivity index (χ0v) is 25.4. The van der Waals surface area contributed by atoms with Crippen molar-refractivity contribution in [2.75, 3.05) is 27.3 Å². The van der Waals surface area contributed by atoms with Gasteiger partial charge in [0.05, 0.1) is 43.6 Å². The van der Waals surface area contributed by atoms with Crippen LogP contribution in [0.25, 0.3) is 16.9 Å². The molecule has 0 aliphatic carbocycles. The van der Waals surface area contributed by atoms with Gasteiger partial charge in [-0.05, 0) is 56.8 Å². The summed E-state index contributed by atoms with van der Waals surface area (Å²) in [6.07, 6.45) is 2.36. The zero-order chi connectivity index (χ0) is 31.2. The minimum Gasteiger partial charge on any atom is -0.497 e. The van der Waals surface area contributed by atoms with Gasteiger partial charge >= 0.3 is 5.97 Å². The normalized spacial score (nSPS) is 11.3. The predicted molar refractivity (Wildman–Crippen MR) is 166 cm³/mol. The minimum atomic E-state index is -0.439. The van der Waals surface area contributed by atoms with Crippen LogP contribution in [0.1, 0.15) is 35.3 Å². The molecular formula is C34H36FN5O4. The molecule has 10 heteroatoms. The highest BCUT2D eigenvalue weighted by Crippen LogP contribution is 2.27. The second kappa shape index (κ2) is 13.6. The van der Waals surface area contributed by atoms with Crippen molar-refractivity contribution in [2.24, 2.45) is 0 Å². The van der Waals surface area contributed by atoms with Crippen LogP contribution in [0.4, 0.5) is 4.39 Å². The number of carbonyl (C=O) groups is 1. The van der Waals surface area contributed by atoms with Gasteiger partial charge in [0.15, 0.2) is 0 Å². The highest BCUT2D eigenvalue weighted by Gasteiger charge is 2.25. The third-order valence-electron chi connectivity index (χ3n) is 7.62. The van der Waals surface area contributed by atoms with E-state index in [0.29, 0.717) is 64.8 Å². The lowest BCUT2D eigenvalue weighted by atomic mass is 10.0. The Bertz CT molecular complexity index is 1830. The Balaban J connectivity index is 1.71. The first-order valence-electron chi connectivity index (χ1n) is 14.6. The highest BCUT2D eigenvalue weighted by molar-refractivity contribution is 5.73. The average molecular weight is 598 g/mol. The molecule has 0 N–H and O–H groups in total. The van der Waals surface area contributed by atoms with E-state index in [9.17, 15) is 14.0 Å². The topological polar surface area (TPSA) is 91.0 Å². The molecule has 0 bridgehead atoms. The van der Waals surface area contributed by atoms with E-state index in [4.69, 9.17) is 14.5 Å². The number of carbonyl (C=O) groups excluding carboxylic acids is 1. The highest BCUT2D eigenvalue weighted by atomic mass is 19.1. The van der Waals surface area contributed by atoms with Gasteiger partial charge in [0.1, 0.15) is 11.6 Å². The lowest BCUT2D eigenvalue weighted by molar-refractivity contribution is -0.142. The van der Waals surface area contributed by atoms with Crippen LogP contribution in [0.2, 0.25) is 0 Å². The van der Waals surface area contributed by atoms with Gasteiger partial charge in [0.2, 0.25) is 5.78 Å². The Morgan fingerprint density at radius 2 is 1.86 bits per heavy atom. The number of benzene rings is 2. The van der Waals surface area contributed by atoms with E-state index in [1.807, 2.05) is 54.9 Å². The van der Waals surface area contributed by atoms with Crippen molar-refractivity contribution in [1.82, 2.24) is 23.8 Å². The summed E-state index contributed by atoms with van der Waals surface area (Å²) >= 11 is 0. The van der Waals surface area contributed by atoms with E-state index in [-0.39, 0.29) is 30.9 Å².